The number of carbonyl (C=O) groups is 1. The predicted octanol–water partition coefficient (Wildman–Crippen LogP) is 5.19. The number of anilines is 1. The van der Waals surface area contributed by atoms with Crippen LogP contribution >= 0.6 is 0 Å². The van der Waals surface area contributed by atoms with Crippen molar-refractivity contribution in [2.45, 2.75) is 13.5 Å². The number of benzene rings is 3. The number of ether oxygens (including phenoxy) is 2. The van der Waals surface area contributed by atoms with E-state index in [1.54, 1.807) is 6.92 Å². The lowest BCUT2D eigenvalue weighted by Gasteiger charge is -2.11. The highest BCUT2D eigenvalue weighted by atomic mass is 16.5. The van der Waals surface area contributed by atoms with Crippen LogP contribution in [0.5, 0.6) is 17.2 Å². The molecule has 0 saturated heterocycles. The smallest absolute Gasteiger partial charge is 0.309 e. The Labute approximate surface area is 164 Å². The maximum absolute atomic E-state index is 10.8. The van der Waals surface area contributed by atoms with Gasteiger partial charge in [-0.25, -0.2) is 0 Å². The Kier molecular flexibility index (Phi) is 6.52. The van der Waals surface area contributed by atoms with Crippen molar-refractivity contribution < 1.29 is 19.4 Å². The van der Waals surface area contributed by atoms with Gasteiger partial charge in [-0.3, -0.25) is 4.79 Å². The molecule has 0 heterocycles. The zero-order valence-corrected chi connectivity index (χ0v) is 15.7. The van der Waals surface area contributed by atoms with Gasteiger partial charge < -0.3 is 19.9 Å². The number of hydrogen-bond acceptors (Lipinski definition) is 4. The van der Waals surface area contributed by atoms with E-state index in [4.69, 9.17) is 14.6 Å². The summed E-state index contributed by atoms with van der Waals surface area (Å²) in [6.07, 6.45) is 0. The van der Waals surface area contributed by atoms with E-state index in [0.29, 0.717) is 12.3 Å². The van der Waals surface area contributed by atoms with Gasteiger partial charge in [0.1, 0.15) is 23.9 Å². The molecule has 0 bridgehead atoms. The van der Waals surface area contributed by atoms with Crippen molar-refractivity contribution in [3.8, 4) is 17.2 Å². The van der Waals surface area contributed by atoms with Crippen molar-refractivity contribution in [1.82, 2.24) is 0 Å². The maximum Gasteiger partial charge on any atom is 0.309 e. The first-order valence-electron chi connectivity index (χ1n) is 9.11. The van der Waals surface area contributed by atoms with Gasteiger partial charge in [0.15, 0.2) is 0 Å². The Morgan fingerprint density at radius 2 is 1.50 bits per heavy atom. The van der Waals surface area contributed by atoms with Crippen molar-refractivity contribution in [1.29, 1.82) is 0 Å². The number of rotatable bonds is 9. The summed E-state index contributed by atoms with van der Waals surface area (Å²) in [6.45, 7) is 2.45. The predicted molar refractivity (Wildman–Crippen MR) is 109 cm³/mol. The zero-order valence-electron chi connectivity index (χ0n) is 15.7. The number of hydrogen-bond donors (Lipinski definition) is 2. The summed E-state index contributed by atoms with van der Waals surface area (Å²) in [5.74, 6) is 0.867. The SMILES string of the molecule is CC(COc1ccc(NCc2ccc(Oc3ccccc3)cc2)cc1)C(=O)O. The van der Waals surface area contributed by atoms with E-state index in [1.807, 2.05) is 78.9 Å². The lowest BCUT2D eigenvalue weighted by atomic mass is 10.2. The lowest BCUT2D eigenvalue weighted by molar-refractivity contribution is -0.142. The van der Waals surface area contributed by atoms with Crippen LogP contribution < -0.4 is 14.8 Å². The van der Waals surface area contributed by atoms with Crippen molar-refractivity contribution in [2.75, 3.05) is 11.9 Å². The fraction of sp³-hybridized carbons (Fsp3) is 0.174. The quantitative estimate of drug-likeness (QED) is 0.537. The molecule has 5 heteroatoms. The zero-order chi connectivity index (χ0) is 19.8. The molecule has 0 saturated carbocycles. The molecule has 0 aromatic heterocycles. The average Bonchev–Trinajstić information content (AvgIpc) is 2.73. The van der Waals surface area contributed by atoms with Gasteiger partial charge in [-0.05, 0) is 61.0 Å². The molecule has 3 aromatic carbocycles. The van der Waals surface area contributed by atoms with Crippen LogP contribution in [0.1, 0.15) is 12.5 Å². The first-order chi connectivity index (χ1) is 13.6. The molecule has 144 valence electrons. The van der Waals surface area contributed by atoms with Crippen LogP contribution in [-0.4, -0.2) is 17.7 Å². The van der Waals surface area contributed by atoms with Crippen LogP contribution in [0.25, 0.3) is 0 Å². The van der Waals surface area contributed by atoms with Crippen LogP contribution in [0, 0.1) is 5.92 Å². The molecule has 0 spiro atoms. The van der Waals surface area contributed by atoms with Crippen molar-refractivity contribution in [2.24, 2.45) is 5.92 Å². The lowest BCUT2D eigenvalue weighted by Crippen LogP contribution is -2.17. The van der Waals surface area contributed by atoms with Gasteiger partial charge in [-0.15, -0.1) is 0 Å². The van der Waals surface area contributed by atoms with Gasteiger partial charge in [0.2, 0.25) is 0 Å². The molecule has 1 atom stereocenters. The van der Waals surface area contributed by atoms with Gasteiger partial charge in [0.25, 0.3) is 0 Å². The Hall–Kier alpha value is -3.47. The van der Waals surface area contributed by atoms with Gasteiger partial charge in [0, 0.05) is 12.2 Å². The van der Waals surface area contributed by atoms with Crippen molar-refractivity contribution in [3.05, 3.63) is 84.4 Å². The molecule has 0 aliphatic heterocycles. The number of nitrogens with one attached hydrogen (secondary N) is 1. The Bertz CT molecular complexity index is 877. The molecule has 3 aromatic rings. The third-order valence-electron chi connectivity index (χ3n) is 4.17. The fourth-order valence-electron chi connectivity index (χ4n) is 2.47. The second kappa shape index (κ2) is 9.46. The summed E-state index contributed by atoms with van der Waals surface area (Å²) >= 11 is 0. The van der Waals surface area contributed by atoms with Crippen LogP contribution in [0.4, 0.5) is 5.69 Å². The molecule has 1 unspecified atom stereocenters. The second-order valence-electron chi connectivity index (χ2n) is 6.49. The maximum atomic E-state index is 10.8. The normalized spacial score (nSPS) is 11.5. The Balaban J connectivity index is 1.48. The van der Waals surface area contributed by atoms with E-state index in [0.717, 1.165) is 22.7 Å². The summed E-state index contributed by atoms with van der Waals surface area (Å²) in [7, 11) is 0. The second-order valence-corrected chi connectivity index (χ2v) is 6.49. The molecule has 3 rings (SSSR count). The average molecular weight is 377 g/mol. The highest BCUT2D eigenvalue weighted by molar-refractivity contribution is 5.69. The van der Waals surface area contributed by atoms with Crippen molar-refractivity contribution in [3.63, 3.8) is 0 Å². The number of carboxylic acids is 1. The highest BCUT2D eigenvalue weighted by Gasteiger charge is 2.11. The van der Waals surface area contributed by atoms with Gasteiger partial charge >= 0.3 is 5.97 Å². The minimum absolute atomic E-state index is 0.152. The van der Waals surface area contributed by atoms with Crippen LogP contribution in [0.15, 0.2) is 78.9 Å². The van der Waals surface area contributed by atoms with Crippen molar-refractivity contribution >= 4 is 11.7 Å². The van der Waals surface area contributed by atoms with Crippen LogP contribution in [-0.2, 0) is 11.3 Å². The van der Waals surface area contributed by atoms with E-state index in [1.165, 1.54) is 0 Å². The summed E-state index contributed by atoms with van der Waals surface area (Å²) in [5.41, 5.74) is 2.10. The fourth-order valence-corrected chi connectivity index (χ4v) is 2.47. The third kappa shape index (κ3) is 5.77. The largest absolute Gasteiger partial charge is 0.493 e. The summed E-state index contributed by atoms with van der Waals surface area (Å²) in [5, 5.41) is 12.2. The van der Waals surface area contributed by atoms with E-state index in [2.05, 4.69) is 5.32 Å². The minimum atomic E-state index is -0.863. The van der Waals surface area contributed by atoms with Gasteiger partial charge in [0.05, 0.1) is 5.92 Å². The molecule has 0 aliphatic carbocycles. The van der Waals surface area contributed by atoms with E-state index in [9.17, 15) is 4.79 Å². The molecule has 0 fully saturated rings. The summed E-state index contributed by atoms with van der Waals surface area (Å²) < 4.78 is 11.3. The molecule has 0 radical (unpaired) electrons. The van der Waals surface area contributed by atoms with Gasteiger partial charge in [-0.2, -0.15) is 0 Å². The minimum Gasteiger partial charge on any atom is -0.493 e. The van der Waals surface area contributed by atoms with Gasteiger partial charge in [-0.1, -0.05) is 30.3 Å². The Morgan fingerprint density at radius 3 is 2.14 bits per heavy atom. The first kappa shape index (κ1) is 19.3. The third-order valence-corrected chi connectivity index (χ3v) is 4.17. The molecule has 0 aliphatic rings. The van der Waals surface area contributed by atoms with Crippen LogP contribution in [0.2, 0.25) is 0 Å². The first-order valence-corrected chi connectivity index (χ1v) is 9.11. The highest BCUT2D eigenvalue weighted by Crippen LogP contribution is 2.22. The number of aliphatic carboxylic acids is 1. The molecule has 28 heavy (non-hydrogen) atoms. The number of carboxylic acid groups (broad SMARTS) is 1. The topological polar surface area (TPSA) is 67.8 Å². The Morgan fingerprint density at radius 1 is 0.893 bits per heavy atom. The summed E-state index contributed by atoms with van der Waals surface area (Å²) in [4.78, 5) is 10.8. The number of para-hydroxylation sites is 1. The molecular formula is C23H23NO4. The van der Waals surface area contributed by atoms with E-state index < -0.39 is 11.9 Å². The molecular weight excluding hydrogens is 354 g/mol. The van der Waals surface area contributed by atoms with E-state index in [-0.39, 0.29) is 6.61 Å². The monoisotopic (exact) mass is 377 g/mol. The molecule has 5 nitrogen and oxygen atoms in total. The summed E-state index contributed by atoms with van der Waals surface area (Å²) in [6, 6.07) is 25.1. The van der Waals surface area contributed by atoms with Crippen LogP contribution in [0.3, 0.4) is 0 Å². The molecule has 2 N–H and O–H groups in total. The standard InChI is InChI=1S/C23H23NO4/c1-17(23(25)26)16-27-20-13-9-19(10-14-20)24-15-18-7-11-22(12-8-18)28-21-5-3-2-4-6-21/h2-14,17,24H,15-16H2,1H3,(H,25,26). The molecule has 0 amide bonds. The van der Waals surface area contributed by atoms with E-state index >= 15 is 0 Å².